The number of benzene rings is 1. The number of amides is 1. The van der Waals surface area contributed by atoms with Gasteiger partial charge in [0.15, 0.2) is 0 Å². The average Bonchev–Trinajstić information content (AvgIpc) is 3.23. The average molecular weight is 256 g/mol. The van der Waals surface area contributed by atoms with Crippen LogP contribution in [0.2, 0.25) is 0 Å². The molecule has 0 spiro atoms. The van der Waals surface area contributed by atoms with Gasteiger partial charge in [0.1, 0.15) is 0 Å². The highest BCUT2D eigenvalue weighted by molar-refractivity contribution is 6.06. The molecule has 0 aliphatic heterocycles. The first-order valence-electron chi connectivity index (χ1n) is 6.63. The van der Waals surface area contributed by atoms with Crippen LogP contribution in [-0.4, -0.2) is 28.4 Å². The molecule has 1 saturated carbocycles. The number of fused-ring (bicyclic) bond motifs is 1. The monoisotopic (exact) mass is 256 g/mol. The molecule has 1 fully saturated rings. The summed E-state index contributed by atoms with van der Waals surface area (Å²) in [7, 11) is 0. The molecule has 0 unspecified atom stereocenters. The zero-order chi connectivity index (χ0) is 13.4. The smallest absolute Gasteiger partial charge is 0.254 e. The van der Waals surface area contributed by atoms with Gasteiger partial charge in [0.25, 0.3) is 5.91 Å². The number of rotatable bonds is 3. The number of nitrogens with zero attached hydrogens (tertiary/aromatic N) is 1. The molecular formula is C15H16N2O2. The topological polar surface area (TPSA) is 53.2 Å². The Morgan fingerprint density at radius 3 is 2.79 bits per heavy atom. The zero-order valence-corrected chi connectivity index (χ0v) is 10.8. The van der Waals surface area contributed by atoms with Crippen molar-refractivity contribution < 1.29 is 4.79 Å². The summed E-state index contributed by atoms with van der Waals surface area (Å²) in [6, 6.07) is 9.20. The highest BCUT2D eigenvalue weighted by atomic mass is 16.2. The lowest BCUT2D eigenvalue weighted by molar-refractivity contribution is 0.0754. The molecule has 0 atom stereocenters. The van der Waals surface area contributed by atoms with Crippen LogP contribution in [-0.2, 0) is 0 Å². The van der Waals surface area contributed by atoms with E-state index >= 15 is 0 Å². The quantitative estimate of drug-likeness (QED) is 0.914. The number of H-pyrrole nitrogens is 1. The molecule has 4 nitrogen and oxygen atoms in total. The van der Waals surface area contributed by atoms with E-state index in [0.29, 0.717) is 23.7 Å². The first kappa shape index (κ1) is 12.0. The summed E-state index contributed by atoms with van der Waals surface area (Å²) in [6.07, 6.45) is 2.14. The van der Waals surface area contributed by atoms with Crippen LogP contribution in [0.3, 0.4) is 0 Å². The molecule has 1 aromatic carbocycles. The van der Waals surface area contributed by atoms with Crippen LogP contribution in [0.4, 0.5) is 0 Å². The number of aromatic nitrogens is 1. The lowest BCUT2D eigenvalue weighted by Gasteiger charge is -2.21. The minimum Gasteiger partial charge on any atom is -0.336 e. The molecule has 19 heavy (non-hydrogen) atoms. The summed E-state index contributed by atoms with van der Waals surface area (Å²) in [6.45, 7) is 2.66. The normalized spacial score (nSPS) is 14.6. The number of aromatic amines is 1. The van der Waals surface area contributed by atoms with Gasteiger partial charge in [-0.3, -0.25) is 9.59 Å². The number of hydrogen-bond donors (Lipinski definition) is 1. The fourth-order valence-electron chi connectivity index (χ4n) is 2.49. The van der Waals surface area contributed by atoms with Crippen molar-refractivity contribution in [3.05, 3.63) is 46.2 Å². The Labute approximate surface area is 111 Å². The van der Waals surface area contributed by atoms with Crippen molar-refractivity contribution in [2.45, 2.75) is 25.8 Å². The number of hydrogen-bond acceptors (Lipinski definition) is 2. The Bertz CT molecular complexity index is 686. The van der Waals surface area contributed by atoms with Crippen molar-refractivity contribution in [1.82, 2.24) is 9.88 Å². The zero-order valence-electron chi connectivity index (χ0n) is 10.8. The van der Waals surface area contributed by atoms with Crippen molar-refractivity contribution in [3.63, 3.8) is 0 Å². The van der Waals surface area contributed by atoms with Crippen molar-refractivity contribution >= 4 is 16.8 Å². The molecule has 0 bridgehead atoms. The maximum Gasteiger partial charge on any atom is 0.254 e. The van der Waals surface area contributed by atoms with Crippen LogP contribution in [0.5, 0.6) is 0 Å². The number of para-hydroxylation sites is 1. The van der Waals surface area contributed by atoms with Gasteiger partial charge in [-0.15, -0.1) is 0 Å². The SMILES string of the molecule is CCN(C(=O)c1cc(=O)[nH]c2ccccc12)C1CC1. The summed E-state index contributed by atoms with van der Waals surface area (Å²) in [5.41, 5.74) is 0.993. The molecule has 2 aromatic rings. The number of pyridine rings is 1. The molecule has 1 aliphatic rings. The second kappa shape index (κ2) is 4.53. The molecule has 1 amide bonds. The molecule has 98 valence electrons. The highest BCUT2D eigenvalue weighted by Gasteiger charge is 2.32. The Morgan fingerprint density at radius 1 is 1.37 bits per heavy atom. The van der Waals surface area contributed by atoms with Crippen molar-refractivity contribution in [2.75, 3.05) is 6.54 Å². The van der Waals surface area contributed by atoms with Gasteiger partial charge < -0.3 is 9.88 Å². The lowest BCUT2D eigenvalue weighted by Crippen LogP contribution is -2.33. The molecule has 1 heterocycles. The van der Waals surface area contributed by atoms with Crippen LogP contribution in [0.25, 0.3) is 10.9 Å². The van der Waals surface area contributed by atoms with Gasteiger partial charge >= 0.3 is 0 Å². The molecule has 1 aliphatic carbocycles. The Hall–Kier alpha value is -2.10. The van der Waals surface area contributed by atoms with E-state index < -0.39 is 0 Å². The fourth-order valence-corrected chi connectivity index (χ4v) is 2.49. The third-order valence-corrected chi connectivity index (χ3v) is 3.57. The lowest BCUT2D eigenvalue weighted by atomic mass is 10.1. The molecule has 4 heteroatoms. The highest BCUT2D eigenvalue weighted by Crippen LogP contribution is 2.28. The van der Waals surface area contributed by atoms with E-state index in [1.165, 1.54) is 6.07 Å². The summed E-state index contributed by atoms with van der Waals surface area (Å²) in [4.78, 5) is 28.9. The van der Waals surface area contributed by atoms with Crippen molar-refractivity contribution in [2.24, 2.45) is 0 Å². The summed E-state index contributed by atoms with van der Waals surface area (Å²) in [5.74, 6) is -0.0349. The minimum absolute atomic E-state index is 0.0349. The van der Waals surface area contributed by atoms with Crippen molar-refractivity contribution in [1.29, 1.82) is 0 Å². The standard InChI is InChI=1S/C15H16N2O2/c1-2-17(10-7-8-10)15(19)12-9-14(18)16-13-6-4-3-5-11(12)13/h3-6,9-10H,2,7-8H2,1H3,(H,16,18). The maximum atomic E-state index is 12.6. The van der Waals surface area contributed by atoms with Crippen LogP contribution >= 0.6 is 0 Å². The van der Waals surface area contributed by atoms with Crippen LogP contribution in [0.15, 0.2) is 35.1 Å². The van der Waals surface area contributed by atoms with E-state index in [1.54, 1.807) is 0 Å². The Kier molecular flexibility index (Phi) is 2.85. The maximum absolute atomic E-state index is 12.6. The first-order valence-corrected chi connectivity index (χ1v) is 6.63. The van der Waals surface area contributed by atoms with Crippen LogP contribution < -0.4 is 5.56 Å². The van der Waals surface area contributed by atoms with E-state index in [2.05, 4.69) is 4.98 Å². The molecule has 3 rings (SSSR count). The van der Waals surface area contributed by atoms with E-state index in [-0.39, 0.29) is 11.5 Å². The molecular weight excluding hydrogens is 240 g/mol. The van der Waals surface area contributed by atoms with Gasteiger partial charge in [0.05, 0.1) is 5.56 Å². The molecule has 0 radical (unpaired) electrons. The largest absolute Gasteiger partial charge is 0.336 e. The summed E-state index contributed by atoms with van der Waals surface area (Å²) in [5, 5.41) is 0.811. The van der Waals surface area contributed by atoms with E-state index in [1.807, 2.05) is 36.1 Å². The summed E-state index contributed by atoms with van der Waals surface area (Å²) >= 11 is 0. The van der Waals surface area contributed by atoms with Gasteiger partial charge in [0, 0.05) is 29.6 Å². The van der Waals surface area contributed by atoms with E-state index in [4.69, 9.17) is 0 Å². The van der Waals surface area contributed by atoms with Gasteiger partial charge in [-0.1, -0.05) is 18.2 Å². The number of carbonyl (C=O) groups excluding carboxylic acids is 1. The predicted octanol–water partition coefficient (Wildman–Crippen LogP) is 2.15. The van der Waals surface area contributed by atoms with Gasteiger partial charge in [-0.25, -0.2) is 0 Å². The second-order valence-corrected chi connectivity index (χ2v) is 4.92. The Morgan fingerprint density at radius 2 is 2.11 bits per heavy atom. The molecule has 1 N–H and O–H groups in total. The Balaban J connectivity index is 2.13. The number of nitrogens with one attached hydrogen (secondary N) is 1. The minimum atomic E-state index is -0.228. The van der Waals surface area contributed by atoms with Crippen LogP contribution in [0.1, 0.15) is 30.1 Å². The van der Waals surface area contributed by atoms with E-state index in [9.17, 15) is 9.59 Å². The van der Waals surface area contributed by atoms with Crippen LogP contribution in [0, 0.1) is 0 Å². The van der Waals surface area contributed by atoms with Gasteiger partial charge in [0.2, 0.25) is 5.56 Å². The van der Waals surface area contributed by atoms with Gasteiger partial charge in [-0.2, -0.15) is 0 Å². The fraction of sp³-hybridized carbons (Fsp3) is 0.333. The van der Waals surface area contributed by atoms with Crippen molar-refractivity contribution in [3.8, 4) is 0 Å². The van der Waals surface area contributed by atoms with E-state index in [0.717, 1.165) is 18.2 Å². The number of carbonyl (C=O) groups is 1. The second-order valence-electron chi connectivity index (χ2n) is 4.92. The third-order valence-electron chi connectivity index (χ3n) is 3.57. The third kappa shape index (κ3) is 2.14. The predicted molar refractivity (Wildman–Crippen MR) is 74.3 cm³/mol. The molecule has 0 saturated heterocycles. The first-order chi connectivity index (χ1) is 9.20. The summed E-state index contributed by atoms with van der Waals surface area (Å²) < 4.78 is 0. The van der Waals surface area contributed by atoms with Gasteiger partial charge in [-0.05, 0) is 25.8 Å². The molecule has 1 aromatic heterocycles.